The third-order valence-electron chi connectivity index (χ3n) is 9.76. The van der Waals surface area contributed by atoms with Crippen LogP contribution in [0.2, 0.25) is 0 Å². The molecule has 238 valence electrons. The highest BCUT2D eigenvalue weighted by Crippen LogP contribution is 2.42. The van der Waals surface area contributed by atoms with E-state index in [0.717, 1.165) is 44.2 Å². The summed E-state index contributed by atoms with van der Waals surface area (Å²) in [6.07, 6.45) is 0. The second-order valence-electron chi connectivity index (χ2n) is 12.8. The lowest BCUT2D eigenvalue weighted by atomic mass is 10.0. The number of hydrogen-bond donors (Lipinski definition) is 0. The summed E-state index contributed by atoms with van der Waals surface area (Å²) in [7, 11) is 0. The largest absolute Gasteiger partial charge is 0.456 e. The van der Waals surface area contributed by atoms with Crippen molar-refractivity contribution in [3.63, 3.8) is 0 Å². The normalized spacial score (nSPS) is 11.9. The molecule has 0 aliphatic rings. The van der Waals surface area contributed by atoms with Gasteiger partial charge in [-0.15, -0.1) is 22.7 Å². The monoisotopic (exact) mass is 687 g/mol. The van der Waals surface area contributed by atoms with E-state index >= 15 is 0 Å². The van der Waals surface area contributed by atoms with Crippen LogP contribution < -0.4 is 0 Å². The zero-order chi connectivity index (χ0) is 33.5. The van der Waals surface area contributed by atoms with E-state index in [1.54, 1.807) is 11.3 Å². The van der Waals surface area contributed by atoms with Crippen LogP contribution in [0.1, 0.15) is 0 Å². The summed E-state index contributed by atoms with van der Waals surface area (Å²) in [6, 6.07) is 53.1. The van der Waals surface area contributed by atoms with Gasteiger partial charge in [0.05, 0.1) is 0 Å². The summed E-state index contributed by atoms with van der Waals surface area (Å²) < 4.78 is 11.6. The van der Waals surface area contributed by atoms with Crippen molar-refractivity contribution in [2.24, 2.45) is 0 Å². The molecule has 0 saturated heterocycles. The molecule has 4 aromatic heterocycles. The molecule has 0 unspecified atom stereocenters. The van der Waals surface area contributed by atoms with Crippen LogP contribution in [0.25, 0.3) is 108 Å². The molecule has 0 bridgehead atoms. The third kappa shape index (κ3) is 4.54. The van der Waals surface area contributed by atoms with Crippen molar-refractivity contribution in [3.05, 3.63) is 152 Å². The number of hydrogen-bond acceptors (Lipinski definition) is 6. The predicted molar refractivity (Wildman–Crippen MR) is 215 cm³/mol. The van der Waals surface area contributed by atoms with Gasteiger partial charge in [0, 0.05) is 67.8 Å². The maximum absolute atomic E-state index is 6.49. The zero-order valence-electron chi connectivity index (χ0n) is 27.0. The quantitative estimate of drug-likeness (QED) is 0.185. The van der Waals surface area contributed by atoms with E-state index in [0.29, 0.717) is 17.5 Å². The third-order valence-corrected chi connectivity index (χ3v) is 12.1. The molecule has 0 aliphatic carbocycles. The molecule has 4 heterocycles. The Morgan fingerprint density at radius 1 is 0.373 bits per heavy atom. The highest BCUT2D eigenvalue weighted by Gasteiger charge is 2.18. The van der Waals surface area contributed by atoms with Gasteiger partial charge >= 0.3 is 0 Å². The Morgan fingerprint density at radius 2 is 1.04 bits per heavy atom. The number of benzene rings is 7. The molecule has 7 aromatic carbocycles. The number of fused-ring (bicyclic) bond motifs is 9. The number of thiophene rings is 2. The lowest BCUT2D eigenvalue weighted by molar-refractivity contribution is 0.669. The summed E-state index contributed by atoms with van der Waals surface area (Å²) in [5.74, 6) is 1.93. The average molecular weight is 688 g/mol. The second-order valence-corrected chi connectivity index (χ2v) is 14.9. The molecule has 0 amide bonds. The fourth-order valence-electron chi connectivity index (χ4n) is 7.36. The van der Waals surface area contributed by atoms with E-state index < -0.39 is 0 Å². The van der Waals surface area contributed by atoms with Gasteiger partial charge in [-0.3, -0.25) is 0 Å². The molecular formula is C45H25N3OS2. The highest BCUT2D eigenvalue weighted by molar-refractivity contribution is 7.26. The molecule has 51 heavy (non-hydrogen) atoms. The molecule has 0 saturated carbocycles. The second kappa shape index (κ2) is 11.2. The predicted octanol–water partition coefficient (Wildman–Crippen LogP) is 13.2. The van der Waals surface area contributed by atoms with E-state index in [-0.39, 0.29) is 0 Å². The molecule has 0 atom stereocenters. The minimum atomic E-state index is 0.625. The van der Waals surface area contributed by atoms with Crippen molar-refractivity contribution in [3.8, 4) is 45.3 Å². The fourth-order valence-corrected chi connectivity index (χ4v) is 9.73. The minimum absolute atomic E-state index is 0.625. The van der Waals surface area contributed by atoms with Gasteiger partial charge in [-0.2, -0.15) is 0 Å². The van der Waals surface area contributed by atoms with Gasteiger partial charge in [-0.05, 0) is 59.7 Å². The Kier molecular flexibility index (Phi) is 6.26. The number of nitrogens with zero attached hydrogens (tertiary/aromatic N) is 3. The molecule has 0 aliphatic heterocycles. The van der Waals surface area contributed by atoms with Crippen LogP contribution in [-0.4, -0.2) is 15.0 Å². The number of aromatic nitrogens is 3. The first-order valence-corrected chi connectivity index (χ1v) is 18.5. The van der Waals surface area contributed by atoms with E-state index in [4.69, 9.17) is 19.4 Å². The lowest BCUT2D eigenvalue weighted by Gasteiger charge is -2.09. The number of furan rings is 1. The molecule has 0 fully saturated rings. The van der Waals surface area contributed by atoms with Gasteiger partial charge in [0.15, 0.2) is 17.5 Å². The maximum Gasteiger partial charge on any atom is 0.164 e. The summed E-state index contributed by atoms with van der Waals surface area (Å²) in [5.41, 5.74) is 6.91. The summed E-state index contributed by atoms with van der Waals surface area (Å²) in [5, 5.41) is 7.07. The van der Waals surface area contributed by atoms with Crippen LogP contribution in [-0.2, 0) is 0 Å². The Morgan fingerprint density at radius 3 is 1.92 bits per heavy atom. The zero-order valence-corrected chi connectivity index (χ0v) is 28.6. The molecule has 0 N–H and O–H groups in total. The Labute approximate surface area is 299 Å². The molecule has 0 spiro atoms. The van der Waals surface area contributed by atoms with Gasteiger partial charge < -0.3 is 4.42 Å². The smallest absolute Gasteiger partial charge is 0.164 e. The van der Waals surface area contributed by atoms with Crippen molar-refractivity contribution >= 4 is 85.0 Å². The minimum Gasteiger partial charge on any atom is -0.456 e. The lowest BCUT2D eigenvalue weighted by Crippen LogP contribution is -2.00. The standard InChI is InChI=1S/C45H25N3OS2/c1-2-10-26(11-3-1)43-46-44(48-45(47-43)34-16-9-19-40-41(34)33-13-5-7-18-39(33)50-40)28-21-23-36-35(24-28)30-22-20-27(25-37(30)49-36)29-14-8-15-32-31-12-4-6-17-38(31)51-42(29)32/h1-25H. The van der Waals surface area contributed by atoms with E-state index in [9.17, 15) is 0 Å². The van der Waals surface area contributed by atoms with Gasteiger partial charge in [-0.25, -0.2) is 15.0 Å². The van der Waals surface area contributed by atoms with Gasteiger partial charge in [0.2, 0.25) is 0 Å². The Bertz CT molecular complexity index is 3160. The van der Waals surface area contributed by atoms with Crippen LogP contribution in [0, 0.1) is 0 Å². The van der Waals surface area contributed by atoms with Gasteiger partial charge in [-0.1, -0.05) is 103 Å². The van der Waals surface area contributed by atoms with Crippen LogP contribution >= 0.6 is 22.7 Å². The van der Waals surface area contributed by atoms with Crippen molar-refractivity contribution in [1.82, 2.24) is 15.0 Å². The van der Waals surface area contributed by atoms with Crippen molar-refractivity contribution < 1.29 is 4.42 Å². The highest BCUT2D eigenvalue weighted by atomic mass is 32.1. The molecule has 11 aromatic rings. The topological polar surface area (TPSA) is 51.8 Å². The van der Waals surface area contributed by atoms with Crippen molar-refractivity contribution in [1.29, 1.82) is 0 Å². The van der Waals surface area contributed by atoms with E-state index in [1.165, 1.54) is 45.9 Å². The fraction of sp³-hybridized carbons (Fsp3) is 0. The van der Waals surface area contributed by atoms with E-state index in [2.05, 4.69) is 115 Å². The van der Waals surface area contributed by atoms with Crippen molar-refractivity contribution in [2.75, 3.05) is 0 Å². The van der Waals surface area contributed by atoms with Gasteiger partial charge in [0.1, 0.15) is 11.2 Å². The Hall–Kier alpha value is -6.21. The summed E-state index contributed by atoms with van der Waals surface area (Å²) in [4.78, 5) is 15.3. The van der Waals surface area contributed by atoms with Gasteiger partial charge in [0.25, 0.3) is 0 Å². The molecule has 0 radical (unpaired) electrons. The summed E-state index contributed by atoms with van der Waals surface area (Å²) >= 11 is 3.64. The van der Waals surface area contributed by atoms with Crippen molar-refractivity contribution in [2.45, 2.75) is 0 Å². The molecule has 6 heteroatoms. The molecule has 11 rings (SSSR count). The molecular weight excluding hydrogens is 663 g/mol. The Balaban J connectivity index is 1.07. The summed E-state index contributed by atoms with van der Waals surface area (Å²) in [6.45, 7) is 0. The van der Waals surface area contributed by atoms with Crippen LogP contribution in [0.4, 0.5) is 0 Å². The number of rotatable bonds is 4. The van der Waals surface area contributed by atoms with Crippen LogP contribution in [0.5, 0.6) is 0 Å². The average Bonchev–Trinajstić information content (AvgIpc) is 3.88. The SMILES string of the molecule is c1ccc(-c2nc(-c3ccc4oc5cc(-c6cccc7c6sc6ccccc67)ccc5c4c3)nc(-c3cccc4sc5ccccc5c34)n2)cc1. The first-order chi connectivity index (χ1) is 25.2. The maximum atomic E-state index is 6.49. The van der Waals surface area contributed by atoms with Crippen LogP contribution in [0.15, 0.2) is 156 Å². The molecule has 4 nitrogen and oxygen atoms in total. The van der Waals surface area contributed by atoms with Crippen LogP contribution in [0.3, 0.4) is 0 Å². The first kappa shape index (κ1) is 28.6. The first-order valence-electron chi connectivity index (χ1n) is 16.8. The van der Waals surface area contributed by atoms with E-state index in [1.807, 2.05) is 47.7 Å².